The predicted molar refractivity (Wildman–Crippen MR) is 81.0 cm³/mol. The first-order valence-corrected chi connectivity index (χ1v) is 8.91. The molecule has 2 fully saturated rings. The number of ether oxygens (including phenoxy) is 1. The third kappa shape index (κ3) is 3.25. The van der Waals surface area contributed by atoms with E-state index >= 15 is 0 Å². The minimum atomic E-state index is -3.55. The highest BCUT2D eigenvalue weighted by molar-refractivity contribution is 7.89. The Balaban J connectivity index is 1.59. The van der Waals surface area contributed by atoms with Crippen molar-refractivity contribution < 1.29 is 17.9 Å². The fourth-order valence-electron chi connectivity index (χ4n) is 2.75. The van der Waals surface area contributed by atoms with Gasteiger partial charge in [0.15, 0.2) is 0 Å². The first-order chi connectivity index (χ1) is 10.5. The lowest BCUT2D eigenvalue weighted by atomic mass is 10.1. The molecule has 120 valence electrons. The lowest BCUT2D eigenvalue weighted by Crippen LogP contribution is -2.32. The highest BCUT2D eigenvalue weighted by atomic mass is 32.2. The van der Waals surface area contributed by atoms with E-state index in [1.54, 1.807) is 12.1 Å². The van der Waals surface area contributed by atoms with Crippen LogP contribution in [-0.2, 0) is 14.8 Å². The molecule has 7 heteroatoms. The molecule has 0 bridgehead atoms. The van der Waals surface area contributed by atoms with Gasteiger partial charge in [0.1, 0.15) is 5.75 Å². The summed E-state index contributed by atoms with van der Waals surface area (Å²) in [6, 6.07) is 6.65. The van der Waals surface area contributed by atoms with E-state index in [0.717, 1.165) is 12.8 Å². The molecule has 1 aliphatic heterocycles. The van der Waals surface area contributed by atoms with E-state index in [9.17, 15) is 13.2 Å². The predicted octanol–water partition coefficient (Wildman–Crippen LogP) is 0.984. The van der Waals surface area contributed by atoms with Gasteiger partial charge in [-0.2, -0.15) is 0 Å². The number of likely N-dealkylation sites (tertiary alicyclic amines) is 1. The van der Waals surface area contributed by atoms with Gasteiger partial charge in [0, 0.05) is 25.6 Å². The second-order valence-corrected chi connectivity index (χ2v) is 7.64. The minimum Gasteiger partial charge on any atom is -0.497 e. The maximum atomic E-state index is 12.2. The molecule has 0 aromatic heterocycles. The van der Waals surface area contributed by atoms with Crippen molar-refractivity contribution in [3.8, 4) is 5.75 Å². The topological polar surface area (TPSA) is 75.7 Å². The number of sulfonamides is 1. The van der Waals surface area contributed by atoms with Gasteiger partial charge in [-0.1, -0.05) is 0 Å². The van der Waals surface area contributed by atoms with E-state index < -0.39 is 10.0 Å². The average molecular weight is 324 g/mol. The molecule has 6 nitrogen and oxygen atoms in total. The number of carbonyl (C=O) groups excluding carboxylic acids is 1. The minimum absolute atomic E-state index is 0.0566. The highest BCUT2D eigenvalue weighted by Crippen LogP contribution is 2.32. The summed E-state index contributed by atoms with van der Waals surface area (Å²) >= 11 is 0. The summed E-state index contributed by atoms with van der Waals surface area (Å²) in [5.74, 6) is 0.817. The highest BCUT2D eigenvalue weighted by Gasteiger charge is 2.39. The maximum absolute atomic E-state index is 12.2. The van der Waals surface area contributed by atoms with Crippen molar-refractivity contribution in [2.75, 3.05) is 20.2 Å². The van der Waals surface area contributed by atoms with Crippen molar-refractivity contribution in [1.29, 1.82) is 0 Å². The Morgan fingerprint density at radius 2 is 1.95 bits per heavy atom. The summed E-state index contributed by atoms with van der Waals surface area (Å²) < 4.78 is 32.1. The molecule has 0 radical (unpaired) electrons. The number of methoxy groups -OCH3 is 1. The molecule has 1 aromatic carbocycles. The van der Waals surface area contributed by atoms with Gasteiger partial charge in [0.2, 0.25) is 15.9 Å². The van der Waals surface area contributed by atoms with Gasteiger partial charge in [0.25, 0.3) is 0 Å². The van der Waals surface area contributed by atoms with E-state index in [1.807, 2.05) is 4.90 Å². The molecule has 1 saturated carbocycles. The Morgan fingerprint density at radius 3 is 2.55 bits per heavy atom. The van der Waals surface area contributed by atoms with Crippen LogP contribution in [0, 0.1) is 5.92 Å². The summed E-state index contributed by atoms with van der Waals surface area (Å²) in [7, 11) is -2.02. The number of amides is 1. The standard InChI is InChI=1S/C15H20N2O4S/c1-21-13-4-6-14(7-5-13)22(19,20)16-9-11-8-15(18)17(10-11)12-2-3-12/h4-7,11-12,16H,2-3,8-10H2,1H3. The Labute approximate surface area is 130 Å². The summed E-state index contributed by atoms with van der Waals surface area (Å²) in [4.78, 5) is 14.0. The molecule has 1 atom stereocenters. The molecule has 1 saturated heterocycles. The van der Waals surface area contributed by atoms with Crippen LogP contribution in [0.3, 0.4) is 0 Å². The molecule has 1 unspecified atom stereocenters. The van der Waals surface area contributed by atoms with Crippen LogP contribution in [0.4, 0.5) is 0 Å². The maximum Gasteiger partial charge on any atom is 0.240 e. The van der Waals surface area contributed by atoms with E-state index in [1.165, 1.54) is 19.2 Å². The molecule has 22 heavy (non-hydrogen) atoms. The van der Waals surface area contributed by atoms with E-state index in [0.29, 0.717) is 31.3 Å². The molecular weight excluding hydrogens is 304 g/mol. The Bertz CT molecular complexity index is 653. The number of rotatable bonds is 6. The van der Waals surface area contributed by atoms with Gasteiger partial charge in [-0.05, 0) is 43.0 Å². The van der Waals surface area contributed by atoms with Gasteiger partial charge in [-0.15, -0.1) is 0 Å². The molecule has 1 heterocycles. The zero-order valence-electron chi connectivity index (χ0n) is 12.5. The monoisotopic (exact) mass is 324 g/mol. The van der Waals surface area contributed by atoms with Crippen molar-refractivity contribution in [1.82, 2.24) is 9.62 Å². The Morgan fingerprint density at radius 1 is 1.27 bits per heavy atom. The number of nitrogens with zero attached hydrogens (tertiary/aromatic N) is 1. The van der Waals surface area contributed by atoms with Gasteiger partial charge >= 0.3 is 0 Å². The van der Waals surface area contributed by atoms with Crippen LogP contribution in [0.25, 0.3) is 0 Å². The van der Waals surface area contributed by atoms with Crippen molar-refractivity contribution in [2.45, 2.75) is 30.2 Å². The van der Waals surface area contributed by atoms with Crippen molar-refractivity contribution in [2.24, 2.45) is 5.92 Å². The van der Waals surface area contributed by atoms with Crippen molar-refractivity contribution in [3.63, 3.8) is 0 Å². The molecule has 3 rings (SSSR count). The van der Waals surface area contributed by atoms with Crippen LogP contribution in [-0.4, -0.2) is 45.5 Å². The quantitative estimate of drug-likeness (QED) is 0.846. The van der Waals surface area contributed by atoms with E-state index in [2.05, 4.69) is 4.72 Å². The number of carbonyl (C=O) groups is 1. The van der Waals surface area contributed by atoms with Crippen LogP contribution in [0.1, 0.15) is 19.3 Å². The largest absolute Gasteiger partial charge is 0.497 e. The smallest absolute Gasteiger partial charge is 0.240 e. The molecular formula is C15H20N2O4S. The van der Waals surface area contributed by atoms with Crippen LogP contribution in [0.5, 0.6) is 5.75 Å². The number of hydrogen-bond acceptors (Lipinski definition) is 4. The van der Waals surface area contributed by atoms with Crippen LogP contribution in [0.2, 0.25) is 0 Å². The third-order valence-electron chi connectivity index (χ3n) is 4.16. The lowest BCUT2D eigenvalue weighted by molar-refractivity contribution is -0.128. The number of hydrogen-bond donors (Lipinski definition) is 1. The number of benzene rings is 1. The van der Waals surface area contributed by atoms with Crippen molar-refractivity contribution >= 4 is 15.9 Å². The van der Waals surface area contributed by atoms with Crippen LogP contribution >= 0.6 is 0 Å². The first-order valence-electron chi connectivity index (χ1n) is 7.43. The Kier molecular flexibility index (Phi) is 4.10. The summed E-state index contributed by atoms with van der Waals surface area (Å²) in [6.07, 6.45) is 2.59. The second kappa shape index (κ2) is 5.89. The summed E-state index contributed by atoms with van der Waals surface area (Å²) in [6.45, 7) is 0.956. The molecule has 0 spiro atoms. The molecule has 1 N–H and O–H groups in total. The number of nitrogens with one attached hydrogen (secondary N) is 1. The normalized spacial score (nSPS) is 22.1. The zero-order valence-corrected chi connectivity index (χ0v) is 13.3. The van der Waals surface area contributed by atoms with Crippen molar-refractivity contribution in [3.05, 3.63) is 24.3 Å². The Hall–Kier alpha value is -1.60. The SMILES string of the molecule is COc1ccc(S(=O)(=O)NCC2CC(=O)N(C3CC3)C2)cc1. The fourth-order valence-corrected chi connectivity index (χ4v) is 3.87. The van der Waals surface area contributed by atoms with Gasteiger partial charge < -0.3 is 9.64 Å². The molecule has 1 aliphatic carbocycles. The molecule has 2 aliphatic rings. The average Bonchev–Trinajstić information content (AvgIpc) is 3.29. The third-order valence-corrected chi connectivity index (χ3v) is 5.60. The van der Waals surface area contributed by atoms with Gasteiger partial charge in [0.05, 0.1) is 12.0 Å². The summed E-state index contributed by atoms with van der Waals surface area (Å²) in [5.41, 5.74) is 0. The fraction of sp³-hybridized carbons (Fsp3) is 0.533. The van der Waals surface area contributed by atoms with E-state index in [4.69, 9.17) is 4.74 Å². The van der Waals surface area contributed by atoms with E-state index in [-0.39, 0.29) is 16.7 Å². The second-order valence-electron chi connectivity index (χ2n) is 5.87. The lowest BCUT2D eigenvalue weighted by Gasteiger charge is -2.15. The zero-order chi connectivity index (χ0) is 15.7. The van der Waals surface area contributed by atoms with Crippen LogP contribution in [0.15, 0.2) is 29.2 Å². The van der Waals surface area contributed by atoms with Crippen LogP contribution < -0.4 is 9.46 Å². The van der Waals surface area contributed by atoms with Gasteiger partial charge in [-0.3, -0.25) is 4.79 Å². The molecule has 1 aromatic rings. The summed E-state index contributed by atoms with van der Waals surface area (Å²) in [5, 5.41) is 0. The van der Waals surface area contributed by atoms with Gasteiger partial charge in [-0.25, -0.2) is 13.1 Å². The molecule has 1 amide bonds. The first kappa shape index (κ1) is 15.3.